The second kappa shape index (κ2) is 7.77. The normalized spacial score (nSPS) is 11.4. The van der Waals surface area contributed by atoms with Gasteiger partial charge in [0.15, 0.2) is 0 Å². The van der Waals surface area contributed by atoms with Crippen molar-refractivity contribution < 1.29 is 4.58 Å². The van der Waals surface area contributed by atoms with Gasteiger partial charge in [-0.05, 0) is 47.3 Å². The van der Waals surface area contributed by atoms with E-state index < -0.39 is 0 Å². The second-order valence-corrected chi connectivity index (χ2v) is 7.57. The zero-order valence-corrected chi connectivity index (χ0v) is 16.1. The molecular formula is C21H20ClN2S+. The Balaban J connectivity index is 2.16. The Morgan fingerprint density at radius 2 is 1.52 bits per heavy atom. The fourth-order valence-corrected chi connectivity index (χ4v) is 3.53. The van der Waals surface area contributed by atoms with Crippen LogP contribution in [0.3, 0.4) is 0 Å². The molecule has 3 aromatic rings. The van der Waals surface area contributed by atoms with Gasteiger partial charge in [-0.25, -0.2) is 0 Å². The monoisotopic (exact) mass is 367 g/mol. The summed E-state index contributed by atoms with van der Waals surface area (Å²) in [6.45, 7) is 2.10. The van der Waals surface area contributed by atoms with Crippen molar-refractivity contribution in [2.45, 2.75) is 6.92 Å². The lowest BCUT2D eigenvalue weighted by Gasteiger charge is -2.04. The summed E-state index contributed by atoms with van der Waals surface area (Å²) in [6, 6.07) is 20.8. The van der Waals surface area contributed by atoms with Crippen LogP contribution in [0.4, 0.5) is 0 Å². The number of hydrogen-bond donors (Lipinski definition) is 0. The predicted octanol–water partition coefficient (Wildman–Crippen LogP) is 5.25. The Kier molecular flexibility index (Phi) is 5.47. The Morgan fingerprint density at radius 1 is 0.880 bits per heavy atom. The van der Waals surface area contributed by atoms with Crippen LogP contribution in [0.15, 0.2) is 65.7 Å². The topological polar surface area (TPSA) is 15.4 Å². The molecule has 0 saturated heterocycles. The molecule has 0 radical (unpaired) electrons. The highest BCUT2D eigenvalue weighted by molar-refractivity contribution is 7.13. The van der Waals surface area contributed by atoms with Gasteiger partial charge in [0, 0.05) is 15.5 Å². The third-order valence-corrected chi connectivity index (χ3v) is 5.10. The van der Waals surface area contributed by atoms with Crippen LogP contribution in [0, 0.1) is 6.92 Å². The summed E-state index contributed by atoms with van der Waals surface area (Å²) in [7, 11) is 3.94. The number of halogens is 1. The zero-order chi connectivity index (χ0) is 17.8. The van der Waals surface area contributed by atoms with Crippen molar-refractivity contribution in [1.29, 1.82) is 0 Å². The van der Waals surface area contributed by atoms with Gasteiger partial charge >= 0.3 is 0 Å². The van der Waals surface area contributed by atoms with Gasteiger partial charge < -0.3 is 0 Å². The van der Waals surface area contributed by atoms with Gasteiger partial charge in [0.1, 0.15) is 0 Å². The smallest absolute Gasteiger partial charge is 0.270 e. The van der Waals surface area contributed by atoms with Gasteiger partial charge in [-0.15, -0.1) is 0 Å². The van der Waals surface area contributed by atoms with Crippen molar-refractivity contribution in [3.05, 3.63) is 75.9 Å². The maximum absolute atomic E-state index is 6.03. The Bertz CT molecular complexity index is 964. The molecule has 0 aliphatic rings. The van der Waals surface area contributed by atoms with E-state index in [1.807, 2.05) is 49.3 Å². The fraction of sp³-hybridized carbons (Fsp3) is 0.143. The molecule has 25 heavy (non-hydrogen) atoms. The fourth-order valence-electron chi connectivity index (χ4n) is 2.41. The minimum absolute atomic E-state index is 0.738. The maximum Gasteiger partial charge on any atom is 0.282 e. The number of benzene rings is 2. The molecule has 0 spiro atoms. The highest BCUT2D eigenvalue weighted by Crippen LogP contribution is 2.26. The van der Waals surface area contributed by atoms with Crippen LogP contribution in [0.2, 0.25) is 5.02 Å². The first kappa shape index (κ1) is 17.6. The van der Waals surface area contributed by atoms with Crippen molar-refractivity contribution in [2.75, 3.05) is 14.1 Å². The first-order valence-corrected chi connectivity index (χ1v) is 9.23. The van der Waals surface area contributed by atoms with E-state index in [-0.39, 0.29) is 0 Å². The lowest BCUT2D eigenvalue weighted by Crippen LogP contribution is -2.06. The van der Waals surface area contributed by atoms with E-state index in [1.54, 1.807) is 11.3 Å². The summed E-state index contributed by atoms with van der Waals surface area (Å²) in [6.07, 6.45) is 1.84. The molecular weight excluding hydrogens is 348 g/mol. The van der Waals surface area contributed by atoms with Gasteiger partial charge in [-0.1, -0.05) is 64.9 Å². The molecule has 0 unspecified atom stereocenters. The number of hydrogen-bond acceptors (Lipinski definition) is 1. The number of aryl methyl sites for hydroxylation is 1. The minimum Gasteiger partial charge on any atom is -0.270 e. The molecule has 0 fully saturated rings. The van der Waals surface area contributed by atoms with Crippen molar-refractivity contribution in [3.8, 4) is 21.6 Å². The van der Waals surface area contributed by atoms with Crippen LogP contribution in [-0.2, 0) is 0 Å². The first-order chi connectivity index (χ1) is 12.0. The van der Waals surface area contributed by atoms with E-state index in [4.69, 9.17) is 16.6 Å². The van der Waals surface area contributed by atoms with Crippen LogP contribution < -0.4 is 4.67 Å². The molecule has 0 atom stereocenters. The van der Waals surface area contributed by atoms with Crippen molar-refractivity contribution in [3.63, 3.8) is 0 Å². The van der Waals surface area contributed by atoms with Crippen LogP contribution in [-0.4, -0.2) is 25.0 Å². The first-order valence-electron chi connectivity index (χ1n) is 8.04. The predicted molar refractivity (Wildman–Crippen MR) is 109 cm³/mol. The average Bonchev–Trinajstić information content (AvgIpc) is 2.61. The third-order valence-electron chi connectivity index (χ3n) is 3.74. The Hall–Kier alpha value is -2.23. The summed E-state index contributed by atoms with van der Waals surface area (Å²) in [4.78, 5) is 5.89. The average molecular weight is 368 g/mol. The molecule has 0 N–H and O–H groups in total. The molecule has 0 amide bonds. The molecule has 1 heterocycles. The molecule has 0 bridgehead atoms. The number of rotatable bonds is 3. The molecule has 4 heteroatoms. The molecule has 1 aromatic heterocycles. The summed E-state index contributed by atoms with van der Waals surface area (Å²) in [5, 5.41) is 0.738. The lowest BCUT2D eigenvalue weighted by molar-refractivity contribution is -0.460. The largest absolute Gasteiger partial charge is 0.282 e. The molecule has 3 rings (SSSR count). The summed E-state index contributed by atoms with van der Waals surface area (Å²) < 4.78 is 2.92. The van der Waals surface area contributed by atoms with Crippen LogP contribution in [0.25, 0.3) is 21.6 Å². The maximum atomic E-state index is 6.03. The van der Waals surface area contributed by atoms with Crippen LogP contribution in [0.5, 0.6) is 0 Å². The van der Waals surface area contributed by atoms with Gasteiger partial charge in [-0.2, -0.15) is 0 Å². The highest BCUT2D eigenvalue weighted by atomic mass is 35.5. The molecule has 126 valence electrons. The lowest BCUT2D eigenvalue weighted by atomic mass is 10.1. The second-order valence-electron chi connectivity index (χ2n) is 6.10. The highest BCUT2D eigenvalue weighted by Gasteiger charge is 2.08. The van der Waals surface area contributed by atoms with Crippen LogP contribution in [0.1, 0.15) is 5.56 Å². The summed E-state index contributed by atoms with van der Waals surface area (Å²) in [5.41, 5.74) is 4.69. The molecule has 0 saturated carbocycles. The van der Waals surface area contributed by atoms with Gasteiger partial charge in [-0.3, -0.25) is 4.58 Å². The molecule has 2 aromatic carbocycles. The van der Waals surface area contributed by atoms with E-state index >= 15 is 0 Å². The van der Waals surface area contributed by atoms with Gasteiger partial charge in [0.05, 0.1) is 14.1 Å². The number of nitrogens with zero attached hydrogens (tertiary/aromatic N) is 2. The third kappa shape index (κ3) is 4.44. The summed E-state index contributed by atoms with van der Waals surface area (Å²) >= 11 is 7.72. The van der Waals surface area contributed by atoms with Gasteiger partial charge in [0.2, 0.25) is 4.67 Å². The van der Waals surface area contributed by atoms with Crippen LogP contribution >= 0.6 is 22.9 Å². The van der Waals surface area contributed by atoms with Crippen molar-refractivity contribution in [1.82, 2.24) is 0 Å². The minimum atomic E-state index is 0.738. The van der Waals surface area contributed by atoms with Gasteiger partial charge in [0.25, 0.3) is 6.34 Å². The SMILES string of the molecule is Cc1ccc(-c2ccc(-c3ccc(Cl)cc3)c(=NC=[N+](C)C)s2)cc1. The van der Waals surface area contributed by atoms with Crippen molar-refractivity contribution >= 4 is 29.3 Å². The van der Waals surface area contributed by atoms with E-state index in [2.05, 4.69) is 43.3 Å². The molecule has 0 aliphatic heterocycles. The van der Waals surface area contributed by atoms with E-state index in [0.717, 1.165) is 20.8 Å². The van der Waals surface area contributed by atoms with E-state index in [9.17, 15) is 0 Å². The molecule has 0 aliphatic carbocycles. The quantitative estimate of drug-likeness (QED) is 0.341. The van der Waals surface area contributed by atoms with Crippen molar-refractivity contribution in [2.24, 2.45) is 4.99 Å². The van der Waals surface area contributed by atoms with E-state index in [0.29, 0.717) is 0 Å². The summed E-state index contributed by atoms with van der Waals surface area (Å²) in [5.74, 6) is 0. The Morgan fingerprint density at radius 3 is 2.16 bits per heavy atom. The standard InChI is InChI=1S/C21H20ClN2S/c1-15-4-6-17(7-5-15)20-13-12-19(16-8-10-18(22)11-9-16)21(25-20)23-14-24(2)3/h4-14H,1-3H3/q+1. The van der Waals surface area contributed by atoms with E-state index in [1.165, 1.54) is 16.0 Å². The Labute approximate surface area is 157 Å². The zero-order valence-electron chi connectivity index (χ0n) is 14.5. The molecule has 2 nitrogen and oxygen atoms in total.